The molecule has 16 rings (SSSR count). The number of ketones is 2. The Kier molecular flexibility index (Phi) is 16.2. The molecule has 0 aliphatic heterocycles. The van der Waals surface area contributed by atoms with Crippen molar-refractivity contribution in [3.05, 3.63) is 0 Å². The highest BCUT2D eigenvalue weighted by molar-refractivity contribution is 5.87. The molecule has 0 amide bonds. The van der Waals surface area contributed by atoms with Crippen LogP contribution in [0.25, 0.3) is 0 Å². The molecule has 0 saturated heterocycles. The molecule has 16 saturated carbocycles. The number of Topliss-reactive ketones (excluding diaryl/α,β-unsaturated/α-hetero) is 2. The summed E-state index contributed by atoms with van der Waals surface area (Å²) in [5.41, 5.74) is -0.440. The second-order valence-corrected chi connectivity index (χ2v) is 27.5. The lowest BCUT2D eigenvalue weighted by Crippen LogP contribution is -2.55. The van der Waals surface area contributed by atoms with E-state index in [2.05, 4.69) is 0 Å². The number of fused-ring (bicyclic) bond motifs is 18. The highest BCUT2D eigenvalue weighted by atomic mass is 16.7. The number of carbonyl (C=O) groups is 6. The van der Waals surface area contributed by atoms with Gasteiger partial charge in [-0.05, 0) is 224 Å². The zero-order chi connectivity index (χ0) is 48.9. The fraction of sp³-hybridized carbons (Fsp3) is 0.905. The maximum atomic E-state index is 13.2. The van der Waals surface area contributed by atoms with Gasteiger partial charge in [-0.15, -0.1) is 0 Å². The van der Waals surface area contributed by atoms with Gasteiger partial charge in [0, 0.05) is 23.7 Å². The Morgan fingerprint density at radius 3 is 1.37 bits per heavy atom. The van der Waals surface area contributed by atoms with Crippen LogP contribution in [0.2, 0.25) is 0 Å². The van der Waals surface area contributed by atoms with Crippen molar-refractivity contribution in [2.45, 2.75) is 204 Å². The Morgan fingerprint density at radius 2 is 0.933 bits per heavy atom. The molecule has 422 valence electrons. The third-order valence-electron chi connectivity index (χ3n) is 24.1. The Bertz CT molecular complexity index is 2170. The molecule has 0 heterocycles. The first kappa shape index (κ1) is 56.8. The van der Waals surface area contributed by atoms with Crippen LogP contribution in [0.1, 0.15) is 180 Å². The van der Waals surface area contributed by atoms with Crippen molar-refractivity contribution in [3.63, 3.8) is 0 Å². The van der Waals surface area contributed by atoms with Crippen LogP contribution in [-0.4, -0.2) is 73.4 Å². The normalized spacial score (nSPS) is 47.6. The Balaban J connectivity index is 0.000000174. The molecule has 27 atom stereocenters. The average Bonchev–Trinajstić information content (AvgIpc) is 4.24. The molecular formula is C63H98O12. The quantitative estimate of drug-likeness (QED) is 0.0703. The van der Waals surface area contributed by atoms with Gasteiger partial charge in [0.15, 0.2) is 13.6 Å². The lowest BCUT2D eigenvalue weighted by Gasteiger charge is -2.52. The van der Waals surface area contributed by atoms with Gasteiger partial charge in [0.1, 0.15) is 23.8 Å². The molecule has 0 aromatic rings. The molecule has 0 spiro atoms. The van der Waals surface area contributed by atoms with Crippen molar-refractivity contribution in [1.29, 1.82) is 0 Å². The standard InChI is InChI=1S/C30H42O6.C29H40O6.4CH4/c1-4-30(2,3)29(33)36-23-12-16-11-21(23)25-19-9-15(24(16)25)10-20(19)28(32)35-13-34-27-18-6-14-5-17(8-18)26(31)22(27)7-14;1-3-13(2)28(31)35-23-11-16-10-21(23)25-19-8-15(24(16)25)9-20(19)29(32)34-12-33-27-18-5-14-4-17(7-18)26(30)22(27)6-14;;;;/h14-25,27H,4-13H2,1-3H3;13-25,27H,3-12H2,1-2H3;4*1H4. The zero-order valence-corrected chi connectivity index (χ0v) is 43.1. The minimum absolute atomic E-state index is 0. The van der Waals surface area contributed by atoms with Gasteiger partial charge < -0.3 is 28.4 Å². The van der Waals surface area contributed by atoms with E-state index >= 15 is 0 Å². The third-order valence-corrected chi connectivity index (χ3v) is 24.1. The van der Waals surface area contributed by atoms with E-state index in [9.17, 15) is 28.8 Å². The lowest BCUT2D eigenvalue weighted by atomic mass is 9.54. The molecule has 0 radical (unpaired) electrons. The van der Waals surface area contributed by atoms with Crippen LogP contribution in [-0.2, 0) is 57.2 Å². The van der Waals surface area contributed by atoms with Crippen molar-refractivity contribution in [2.24, 2.45) is 142 Å². The molecule has 16 fully saturated rings. The van der Waals surface area contributed by atoms with Gasteiger partial charge in [0.05, 0.1) is 35.4 Å². The summed E-state index contributed by atoms with van der Waals surface area (Å²) in [6, 6.07) is 0. The summed E-state index contributed by atoms with van der Waals surface area (Å²) in [5.74, 6) is 9.64. The van der Waals surface area contributed by atoms with E-state index in [1.807, 2.05) is 34.6 Å². The molecule has 16 bridgehead atoms. The van der Waals surface area contributed by atoms with Gasteiger partial charge in [-0.3, -0.25) is 28.8 Å². The summed E-state index contributed by atoms with van der Waals surface area (Å²) >= 11 is 0. The second-order valence-electron chi connectivity index (χ2n) is 27.5. The van der Waals surface area contributed by atoms with Gasteiger partial charge in [0.25, 0.3) is 0 Å². The van der Waals surface area contributed by atoms with Crippen LogP contribution >= 0.6 is 0 Å². The predicted molar refractivity (Wildman–Crippen MR) is 283 cm³/mol. The molecule has 0 aromatic heterocycles. The van der Waals surface area contributed by atoms with E-state index in [0.29, 0.717) is 106 Å². The fourth-order valence-corrected chi connectivity index (χ4v) is 21.0. The first-order valence-corrected chi connectivity index (χ1v) is 29.2. The second kappa shape index (κ2) is 21.3. The maximum absolute atomic E-state index is 13.2. The van der Waals surface area contributed by atoms with Gasteiger partial charge in [-0.25, -0.2) is 0 Å². The maximum Gasteiger partial charge on any atom is 0.311 e. The molecule has 27 unspecified atom stereocenters. The number of rotatable bonds is 14. The number of ether oxygens (including phenoxy) is 6. The number of esters is 4. The molecule has 16 aliphatic rings. The molecule has 12 heteroatoms. The van der Waals surface area contributed by atoms with E-state index in [-0.39, 0.29) is 133 Å². The summed E-state index contributed by atoms with van der Waals surface area (Å²) in [5, 5.41) is 0. The van der Waals surface area contributed by atoms with E-state index in [0.717, 1.165) is 109 Å². The zero-order valence-electron chi connectivity index (χ0n) is 43.1. The van der Waals surface area contributed by atoms with Crippen LogP contribution in [0.5, 0.6) is 0 Å². The van der Waals surface area contributed by atoms with Crippen molar-refractivity contribution in [2.75, 3.05) is 13.6 Å². The van der Waals surface area contributed by atoms with Crippen molar-refractivity contribution in [3.8, 4) is 0 Å². The predicted octanol–water partition coefficient (Wildman–Crippen LogP) is 11.7. The van der Waals surface area contributed by atoms with Crippen LogP contribution in [0.15, 0.2) is 0 Å². The number of hydrogen-bond donors (Lipinski definition) is 0. The van der Waals surface area contributed by atoms with Crippen LogP contribution in [0.3, 0.4) is 0 Å². The Hall–Kier alpha value is -2.86. The fourth-order valence-electron chi connectivity index (χ4n) is 21.0. The molecule has 0 N–H and O–H groups in total. The van der Waals surface area contributed by atoms with Gasteiger partial charge in [0.2, 0.25) is 0 Å². The molecule has 0 aromatic carbocycles. The molecule has 75 heavy (non-hydrogen) atoms. The first-order chi connectivity index (χ1) is 34.2. The van der Waals surface area contributed by atoms with Crippen molar-refractivity contribution < 1.29 is 57.2 Å². The monoisotopic (exact) mass is 1050 g/mol. The summed E-state index contributed by atoms with van der Waals surface area (Å²) in [4.78, 5) is 77.0. The highest BCUT2D eigenvalue weighted by Gasteiger charge is 2.68. The van der Waals surface area contributed by atoms with Crippen LogP contribution in [0, 0.1) is 142 Å². The Labute approximate surface area is 450 Å². The molecule has 16 aliphatic carbocycles. The third kappa shape index (κ3) is 9.21. The summed E-state index contributed by atoms with van der Waals surface area (Å²) in [6.07, 6.45) is 18.3. The lowest BCUT2D eigenvalue weighted by molar-refractivity contribution is -0.194. The molecule has 12 nitrogen and oxygen atoms in total. The van der Waals surface area contributed by atoms with Crippen LogP contribution in [0.4, 0.5) is 0 Å². The minimum atomic E-state index is -0.440. The van der Waals surface area contributed by atoms with Crippen molar-refractivity contribution >= 4 is 35.4 Å². The average molecular weight is 1050 g/mol. The largest absolute Gasteiger partial charge is 0.462 e. The Morgan fingerprint density at radius 1 is 0.507 bits per heavy atom. The van der Waals surface area contributed by atoms with Gasteiger partial charge >= 0.3 is 23.9 Å². The molecular weight excluding hydrogens is 949 g/mol. The van der Waals surface area contributed by atoms with Crippen molar-refractivity contribution in [1.82, 2.24) is 0 Å². The summed E-state index contributed by atoms with van der Waals surface area (Å²) in [7, 11) is 0. The van der Waals surface area contributed by atoms with Crippen LogP contribution < -0.4 is 0 Å². The minimum Gasteiger partial charge on any atom is -0.462 e. The highest BCUT2D eigenvalue weighted by Crippen LogP contribution is 2.71. The van der Waals surface area contributed by atoms with E-state index in [1.165, 1.54) is 6.42 Å². The topological polar surface area (TPSA) is 158 Å². The van der Waals surface area contributed by atoms with E-state index in [1.54, 1.807) is 0 Å². The van der Waals surface area contributed by atoms with Gasteiger partial charge in [-0.1, -0.05) is 50.5 Å². The SMILES string of the molecule is C.C.C.C.CCC(C)(C)C(=O)OC1CC2CC1C1C3CC(CC3C(=O)OCOC3C4CC5CC(C4)C(=O)C3C5)C21.CCC(C)C(=O)OC1CC2CC1C1C3CC(CC3C(=O)OCOC3C4CC5CC(C4)C(=O)C3C5)C21. The smallest absolute Gasteiger partial charge is 0.311 e. The number of hydrogen-bond acceptors (Lipinski definition) is 12. The van der Waals surface area contributed by atoms with E-state index < -0.39 is 5.41 Å². The first-order valence-electron chi connectivity index (χ1n) is 29.2. The summed E-state index contributed by atoms with van der Waals surface area (Å²) in [6.45, 7) is 9.92. The van der Waals surface area contributed by atoms with Gasteiger partial charge in [-0.2, -0.15) is 0 Å². The summed E-state index contributed by atoms with van der Waals surface area (Å²) < 4.78 is 35.8. The van der Waals surface area contributed by atoms with E-state index in [4.69, 9.17) is 28.4 Å². The number of carbonyl (C=O) groups excluding carboxylic acids is 6.